The van der Waals surface area contributed by atoms with Crippen LogP contribution in [0.15, 0.2) is 36.7 Å². The molecule has 1 aliphatic rings. The summed E-state index contributed by atoms with van der Waals surface area (Å²) in [5.74, 6) is 0.0211. The number of nitrogens with zero attached hydrogens (tertiary/aromatic N) is 4. The Hall–Kier alpha value is -1.85. The largest absolute Gasteiger partial charge is 0.339 e. The summed E-state index contributed by atoms with van der Waals surface area (Å²) < 4.78 is 1.68. The predicted molar refractivity (Wildman–Crippen MR) is 91.2 cm³/mol. The van der Waals surface area contributed by atoms with E-state index >= 15 is 0 Å². The van der Waals surface area contributed by atoms with E-state index in [1.807, 2.05) is 36.2 Å². The molecule has 1 fully saturated rings. The zero-order chi connectivity index (χ0) is 16.4. The average molecular weight is 333 g/mol. The third kappa shape index (κ3) is 3.57. The second-order valence-electron chi connectivity index (χ2n) is 6.10. The fourth-order valence-electron chi connectivity index (χ4n) is 2.94. The van der Waals surface area contributed by atoms with E-state index in [0.29, 0.717) is 16.6 Å². The number of carbonyl (C=O) groups is 1. The second kappa shape index (κ2) is 6.72. The van der Waals surface area contributed by atoms with Crippen molar-refractivity contribution in [2.24, 2.45) is 0 Å². The normalized spacial score (nSPS) is 16.5. The van der Waals surface area contributed by atoms with Crippen LogP contribution in [-0.4, -0.2) is 58.7 Å². The Morgan fingerprint density at radius 2 is 2.09 bits per heavy atom. The number of rotatable bonds is 3. The van der Waals surface area contributed by atoms with E-state index in [9.17, 15) is 4.79 Å². The van der Waals surface area contributed by atoms with Crippen molar-refractivity contribution in [3.05, 3.63) is 47.2 Å². The maximum Gasteiger partial charge on any atom is 0.257 e. The monoisotopic (exact) mass is 332 g/mol. The fraction of sp³-hybridized carbons (Fsp3) is 0.412. The summed E-state index contributed by atoms with van der Waals surface area (Å²) in [5.41, 5.74) is 1.45. The Labute approximate surface area is 141 Å². The number of amides is 1. The molecular weight excluding hydrogens is 312 g/mol. The van der Waals surface area contributed by atoms with Gasteiger partial charge < -0.3 is 9.80 Å². The van der Waals surface area contributed by atoms with Gasteiger partial charge in [-0.2, -0.15) is 5.10 Å². The predicted octanol–water partition coefficient (Wildman–Crippen LogP) is 2.69. The molecule has 1 aliphatic heterocycles. The Bertz CT molecular complexity index is 691. The number of hydrogen-bond donors (Lipinski definition) is 0. The lowest BCUT2D eigenvalue weighted by Crippen LogP contribution is -2.44. The number of hydrogen-bond acceptors (Lipinski definition) is 3. The van der Waals surface area contributed by atoms with Crippen LogP contribution in [0.1, 0.15) is 23.2 Å². The van der Waals surface area contributed by atoms with E-state index in [0.717, 1.165) is 31.6 Å². The van der Waals surface area contributed by atoms with Crippen LogP contribution in [-0.2, 0) is 0 Å². The van der Waals surface area contributed by atoms with Crippen molar-refractivity contribution >= 4 is 17.5 Å². The van der Waals surface area contributed by atoms with E-state index < -0.39 is 0 Å². The molecule has 0 spiro atoms. The molecule has 23 heavy (non-hydrogen) atoms. The highest BCUT2D eigenvalue weighted by Gasteiger charge is 2.25. The molecular formula is C17H21ClN4O. The van der Waals surface area contributed by atoms with Gasteiger partial charge in [0.15, 0.2) is 0 Å². The lowest BCUT2D eigenvalue weighted by molar-refractivity contribution is 0.0659. The summed E-state index contributed by atoms with van der Waals surface area (Å²) in [6.45, 7) is 2.06. The molecule has 0 N–H and O–H groups in total. The van der Waals surface area contributed by atoms with E-state index in [2.05, 4.69) is 17.0 Å². The lowest BCUT2D eigenvalue weighted by Gasteiger charge is -2.34. The molecule has 6 heteroatoms. The molecule has 0 unspecified atom stereocenters. The van der Waals surface area contributed by atoms with Gasteiger partial charge in [-0.05, 0) is 51.2 Å². The van der Waals surface area contributed by atoms with Crippen LogP contribution >= 0.6 is 11.6 Å². The topological polar surface area (TPSA) is 41.4 Å². The fourth-order valence-corrected chi connectivity index (χ4v) is 3.13. The van der Waals surface area contributed by atoms with Crippen LogP contribution in [0.4, 0.5) is 0 Å². The summed E-state index contributed by atoms with van der Waals surface area (Å²) in [4.78, 5) is 16.8. The molecule has 2 heterocycles. The molecule has 0 radical (unpaired) electrons. The maximum atomic E-state index is 12.7. The van der Waals surface area contributed by atoms with Crippen molar-refractivity contribution in [2.75, 3.05) is 27.2 Å². The van der Waals surface area contributed by atoms with Crippen molar-refractivity contribution in [3.63, 3.8) is 0 Å². The maximum absolute atomic E-state index is 12.7. The Morgan fingerprint density at radius 3 is 2.78 bits per heavy atom. The summed E-state index contributed by atoms with van der Waals surface area (Å²) in [7, 11) is 4.00. The SMILES string of the molecule is CN1CCC(N(C)C(=O)c2cnn(-c3cccc(Cl)c3)c2)CC1. The first-order chi connectivity index (χ1) is 11.0. The van der Waals surface area contributed by atoms with Crippen molar-refractivity contribution in [1.29, 1.82) is 0 Å². The van der Waals surface area contributed by atoms with Gasteiger partial charge in [-0.1, -0.05) is 17.7 Å². The molecule has 0 saturated carbocycles. The highest BCUT2D eigenvalue weighted by molar-refractivity contribution is 6.30. The highest BCUT2D eigenvalue weighted by atomic mass is 35.5. The third-order valence-electron chi connectivity index (χ3n) is 4.46. The minimum Gasteiger partial charge on any atom is -0.339 e. The number of aromatic nitrogens is 2. The van der Waals surface area contributed by atoms with Gasteiger partial charge >= 0.3 is 0 Å². The van der Waals surface area contributed by atoms with Gasteiger partial charge in [-0.3, -0.25) is 4.79 Å². The lowest BCUT2D eigenvalue weighted by atomic mass is 10.0. The summed E-state index contributed by atoms with van der Waals surface area (Å²) in [6, 6.07) is 7.71. The van der Waals surface area contributed by atoms with Gasteiger partial charge in [-0.25, -0.2) is 4.68 Å². The summed E-state index contributed by atoms with van der Waals surface area (Å²) in [6.07, 6.45) is 5.41. The number of likely N-dealkylation sites (tertiary alicyclic amines) is 1. The van der Waals surface area contributed by atoms with Crippen LogP contribution in [0.25, 0.3) is 5.69 Å². The van der Waals surface area contributed by atoms with Crippen molar-refractivity contribution in [2.45, 2.75) is 18.9 Å². The summed E-state index contributed by atoms with van der Waals surface area (Å²) in [5, 5.41) is 4.94. The Balaban J connectivity index is 1.73. The van der Waals surface area contributed by atoms with Crippen molar-refractivity contribution in [1.82, 2.24) is 19.6 Å². The van der Waals surface area contributed by atoms with Crippen LogP contribution in [0.3, 0.4) is 0 Å². The zero-order valence-electron chi connectivity index (χ0n) is 13.4. The highest BCUT2D eigenvalue weighted by Crippen LogP contribution is 2.18. The van der Waals surface area contributed by atoms with Crippen LogP contribution in [0.5, 0.6) is 0 Å². The molecule has 2 aromatic rings. The van der Waals surface area contributed by atoms with Gasteiger partial charge in [0, 0.05) is 24.3 Å². The Morgan fingerprint density at radius 1 is 1.35 bits per heavy atom. The van der Waals surface area contributed by atoms with Gasteiger partial charge in [0.2, 0.25) is 0 Å². The van der Waals surface area contributed by atoms with E-state index in [1.54, 1.807) is 17.1 Å². The minimum atomic E-state index is 0.0211. The number of carbonyl (C=O) groups excluding carboxylic acids is 1. The van der Waals surface area contributed by atoms with E-state index in [1.165, 1.54) is 0 Å². The summed E-state index contributed by atoms with van der Waals surface area (Å²) >= 11 is 6.01. The van der Waals surface area contributed by atoms with E-state index in [-0.39, 0.29) is 5.91 Å². The molecule has 0 atom stereocenters. The van der Waals surface area contributed by atoms with Gasteiger partial charge in [0.1, 0.15) is 0 Å². The van der Waals surface area contributed by atoms with Crippen LogP contribution in [0, 0.1) is 0 Å². The molecule has 5 nitrogen and oxygen atoms in total. The van der Waals surface area contributed by atoms with Crippen molar-refractivity contribution in [3.8, 4) is 5.69 Å². The minimum absolute atomic E-state index is 0.0211. The van der Waals surface area contributed by atoms with Gasteiger partial charge in [0.05, 0.1) is 17.4 Å². The molecule has 1 aromatic heterocycles. The Kier molecular flexibility index (Phi) is 4.68. The molecule has 1 amide bonds. The van der Waals surface area contributed by atoms with Gasteiger partial charge in [0.25, 0.3) is 5.91 Å². The first-order valence-corrected chi connectivity index (χ1v) is 8.18. The van der Waals surface area contributed by atoms with Crippen LogP contribution in [0.2, 0.25) is 5.02 Å². The smallest absolute Gasteiger partial charge is 0.257 e. The molecule has 1 aromatic carbocycles. The third-order valence-corrected chi connectivity index (χ3v) is 4.69. The van der Waals surface area contributed by atoms with Crippen molar-refractivity contribution < 1.29 is 4.79 Å². The second-order valence-corrected chi connectivity index (χ2v) is 6.54. The first-order valence-electron chi connectivity index (χ1n) is 7.81. The molecule has 1 saturated heterocycles. The molecule has 122 valence electrons. The van der Waals surface area contributed by atoms with E-state index in [4.69, 9.17) is 11.6 Å². The number of halogens is 1. The molecule has 3 rings (SSSR count). The first kappa shape index (κ1) is 16.0. The number of piperidine rings is 1. The standard InChI is InChI=1S/C17H21ClN4O/c1-20-8-6-15(7-9-20)21(2)17(23)13-11-19-22(12-13)16-5-3-4-14(18)10-16/h3-5,10-12,15H,6-9H2,1-2H3. The van der Waals surface area contributed by atoms with Crippen LogP contribution < -0.4 is 0 Å². The van der Waals surface area contributed by atoms with Gasteiger partial charge in [-0.15, -0.1) is 0 Å². The average Bonchev–Trinajstić information content (AvgIpc) is 3.04. The molecule has 0 bridgehead atoms. The molecule has 0 aliphatic carbocycles. The number of benzene rings is 1. The zero-order valence-corrected chi connectivity index (χ0v) is 14.2. The quantitative estimate of drug-likeness (QED) is 0.867.